The van der Waals surface area contributed by atoms with Gasteiger partial charge in [0.2, 0.25) is 5.91 Å². The highest BCUT2D eigenvalue weighted by Crippen LogP contribution is 2.24. The van der Waals surface area contributed by atoms with E-state index in [0.717, 1.165) is 70.8 Å². The molecule has 0 aromatic carbocycles. The van der Waals surface area contributed by atoms with Crippen LogP contribution in [0.2, 0.25) is 0 Å². The molecule has 2 aliphatic heterocycles. The van der Waals surface area contributed by atoms with E-state index in [1.54, 1.807) is 0 Å². The third-order valence-corrected chi connectivity index (χ3v) is 4.28. The zero-order valence-electron chi connectivity index (χ0n) is 14.0. The lowest BCUT2D eigenvalue weighted by Crippen LogP contribution is -2.40. The molecule has 0 aromatic heterocycles. The number of amides is 1. The van der Waals surface area contributed by atoms with Crippen LogP contribution < -0.4 is 10.6 Å². The van der Waals surface area contributed by atoms with E-state index < -0.39 is 0 Å². The van der Waals surface area contributed by atoms with Gasteiger partial charge in [0.25, 0.3) is 0 Å². The number of guanidine groups is 1. The minimum atomic E-state index is -0.107. The number of aliphatic imine (C=N–C) groups is 1. The summed E-state index contributed by atoms with van der Waals surface area (Å²) in [5.41, 5.74) is -0.107. The minimum Gasteiger partial charge on any atom is -0.373 e. The molecule has 22 heavy (non-hydrogen) atoms. The number of nitrogens with zero attached hydrogens (tertiary/aromatic N) is 2. The molecule has 0 spiro atoms. The summed E-state index contributed by atoms with van der Waals surface area (Å²) in [5.74, 6) is 1.14. The molecule has 2 saturated heterocycles. The Balaban J connectivity index is 1.70. The highest BCUT2D eigenvalue weighted by molar-refractivity contribution is 5.80. The van der Waals surface area contributed by atoms with Crippen LogP contribution in [0.3, 0.4) is 0 Å². The number of carbonyl (C=O) groups excluding carboxylic acids is 1. The molecule has 0 aliphatic carbocycles. The fraction of sp³-hybridized carbons (Fsp3) is 0.875. The average molecular weight is 310 g/mol. The summed E-state index contributed by atoms with van der Waals surface area (Å²) in [5, 5.41) is 6.61. The highest BCUT2D eigenvalue weighted by atomic mass is 16.5. The molecule has 2 heterocycles. The van der Waals surface area contributed by atoms with Crippen molar-refractivity contribution in [3.05, 3.63) is 0 Å². The minimum absolute atomic E-state index is 0.107. The van der Waals surface area contributed by atoms with E-state index in [9.17, 15) is 4.79 Å². The Morgan fingerprint density at radius 1 is 1.41 bits per heavy atom. The maximum Gasteiger partial charge on any atom is 0.222 e. The van der Waals surface area contributed by atoms with Gasteiger partial charge in [-0.25, -0.2) is 0 Å². The Morgan fingerprint density at radius 3 is 2.91 bits per heavy atom. The van der Waals surface area contributed by atoms with E-state index in [-0.39, 0.29) is 5.60 Å². The number of hydrogen-bond donors (Lipinski definition) is 2. The van der Waals surface area contributed by atoms with Crippen molar-refractivity contribution in [2.75, 3.05) is 39.3 Å². The summed E-state index contributed by atoms with van der Waals surface area (Å²) in [6, 6.07) is 0. The van der Waals surface area contributed by atoms with Crippen LogP contribution in [-0.4, -0.2) is 61.7 Å². The topological polar surface area (TPSA) is 66.0 Å². The summed E-state index contributed by atoms with van der Waals surface area (Å²) in [7, 11) is 0. The van der Waals surface area contributed by atoms with Gasteiger partial charge in [0.15, 0.2) is 5.96 Å². The fourth-order valence-corrected chi connectivity index (χ4v) is 2.97. The van der Waals surface area contributed by atoms with Gasteiger partial charge in [-0.2, -0.15) is 0 Å². The molecule has 0 radical (unpaired) electrons. The van der Waals surface area contributed by atoms with Crippen molar-refractivity contribution in [3.8, 4) is 0 Å². The van der Waals surface area contributed by atoms with Crippen LogP contribution in [0.4, 0.5) is 0 Å². The van der Waals surface area contributed by atoms with Crippen molar-refractivity contribution in [3.63, 3.8) is 0 Å². The van der Waals surface area contributed by atoms with Crippen LogP contribution in [0, 0.1) is 0 Å². The molecule has 2 fully saturated rings. The maximum atomic E-state index is 11.5. The van der Waals surface area contributed by atoms with Gasteiger partial charge in [0, 0.05) is 39.2 Å². The first-order chi connectivity index (χ1) is 10.6. The molecule has 1 unspecified atom stereocenters. The van der Waals surface area contributed by atoms with Gasteiger partial charge >= 0.3 is 0 Å². The molecule has 2 rings (SSSR count). The number of likely N-dealkylation sites (tertiary alicyclic amines) is 1. The predicted molar refractivity (Wildman–Crippen MR) is 88.0 cm³/mol. The van der Waals surface area contributed by atoms with Crippen molar-refractivity contribution in [2.45, 2.75) is 51.6 Å². The van der Waals surface area contributed by atoms with Gasteiger partial charge in [-0.3, -0.25) is 9.79 Å². The Hall–Kier alpha value is -1.30. The Kier molecular flexibility index (Phi) is 6.49. The number of rotatable bonds is 7. The molecule has 126 valence electrons. The van der Waals surface area contributed by atoms with Crippen molar-refractivity contribution in [2.24, 2.45) is 4.99 Å². The molecular weight excluding hydrogens is 280 g/mol. The van der Waals surface area contributed by atoms with Gasteiger partial charge in [0.1, 0.15) is 0 Å². The summed E-state index contributed by atoms with van der Waals surface area (Å²) in [6.07, 6.45) is 4.88. The first kappa shape index (κ1) is 17.1. The largest absolute Gasteiger partial charge is 0.373 e. The third kappa shape index (κ3) is 5.16. The van der Waals surface area contributed by atoms with Crippen LogP contribution >= 0.6 is 0 Å². The number of carbonyl (C=O) groups is 1. The smallest absolute Gasteiger partial charge is 0.222 e. The van der Waals surface area contributed by atoms with Crippen LogP contribution in [0.25, 0.3) is 0 Å². The molecule has 0 aromatic rings. The molecular formula is C16H30N4O2. The molecule has 6 heteroatoms. The van der Waals surface area contributed by atoms with Gasteiger partial charge in [0.05, 0.1) is 12.1 Å². The van der Waals surface area contributed by atoms with E-state index >= 15 is 0 Å². The van der Waals surface area contributed by atoms with Gasteiger partial charge in [-0.1, -0.05) is 0 Å². The average Bonchev–Trinajstić information content (AvgIpc) is 3.10. The van der Waals surface area contributed by atoms with E-state index in [2.05, 4.69) is 29.5 Å². The van der Waals surface area contributed by atoms with Crippen LogP contribution in [0.5, 0.6) is 0 Å². The van der Waals surface area contributed by atoms with Crippen LogP contribution in [-0.2, 0) is 9.53 Å². The van der Waals surface area contributed by atoms with Gasteiger partial charge in [-0.15, -0.1) is 0 Å². The van der Waals surface area contributed by atoms with Crippen molar-refractivity contribution in [1.82, 2.24) is 15.5 Å². The van der Waals surface area contributed by atoms with Gasteiger partial charge < -0.3 is 20.3 Å². The Labute approximate surface area is 133 Å². The summed E-state index contributed by atoms with van der Waals surface area (Å²) >= 11 is 0. The lowest BCUT2D eigenvalue weighted by molar-refractivity contribution is -0.127. The molecule has 6 nitrogen and oxygen atoms in total. The third-order valence-electron chi connectivity index (χ3n) is 4.28. The molecule has 1 amide bonds. The summed E-state index contributed by atoms with van der Waals surface area (Å²) < 4.78 is 5.77. The number of ether oxygens (including phenoxy) is 1. The molecule has 0 saturated carbocycles. The van der Waals surface area contributed by atoms with E-state index in [1.807, 2.05) is 4.90 Å². The van der Waals surface area contributed by atoms with Crippen molar-refractivity contribution >= 4 is 11.9 Å². The summed E-state index contributed by atoms with van der Waals surface area (Å²) in [6.45, 7) is 9.16. The lowest BCUT2D eigenvalue weighted by atomic mass is 10.0. The second kappa shape index (κ2) is 8.36. The van der Waals surface area contributed by atoms with Crippen LogP contribution in [0.1, 0.15) is 46.0 Å². The van der Waals surface area contributed by atoms with E-state index in [1.165, 1.54) is 0 Å². The maximum absolute atomic E-state index is 11.5. The zero-order chi connectivity index (χ0) is 15.8. The van der Waals surface area contributed by atoms with Crippen LogP contribution in [0.15, 0.2) is 4.99 Å². The van der Waals surface area contributed by atoms with Crippen molar-refractivity contribution < 1.29 is 9.53 Å². The fourth-order valence-electron chi connectivity index (χ4n) is 2.97. The lowest BCUT2D eigenvalue weighted by Gasteiger charge is -2.21. The predicted octanol–water partition coefficient (Wildman–Crippen LogP) is 1.12. The number of nitrogens with one attached hydrogen (secondary N) is 2. The monoisotopic (exact) mass is 310 g/mol. The zero-order valence-corrected chi connectivity index (χ0v) is 14.0. The molecule has 2 aliphatic rings. The SMILES string of the molecule is CCNC(=NCC1(C)CCCO1)NCCCN1CCCC1=O. The Bertz CT molecular complexity index is 392. The quantitative estimate of drug-likeness (QED) is 0.420. The Morgan fingerprint density at radius 2 is 2.27 bits per heavy atom. The molecule has 2 N–H and O–H groups in total. The first-order valence-corrected chi connectivity index (χ1v) is 8.57. The standard InChI is InChI=1S/C16H30N4O2/c1-3-17-15(19-13-16(2)8-5-12-22-16)18-9-6-11-20-10-4-7-14(20)21/h3-13H2,1-2H3,(H2,17,18,19). The molecule has 0 bridgehead atoms. The second-order valence-corrected chi connectivity index (χ2v) is 6.36. The second-order valence-electron chi connectivity index (χ2n) is 6.36. The molecule has 1 atom stereocenters. The van der Waals surface area contributed by atoms with E-state index in [4.69, 9.17) is 4.74 Å². The first-order valence-electron chi connectivity index (χ1n) is 8.57. The van der Waals surface area contributed by atoms with Crippen molar-refractivity contribution in [1.29, 1.82) is 0 Å². The highest BCUT2D eigenvalue weighted by Gasteiger charge is 2.29. The van der Waals surface area contributed by atoms with Gasteiger partial charge in [-0.05, 0) is 39.5 Å². The normalized spacial score (nSPS) is 25.8. The summed E-state index contributed by atoms with van der Waals surface area (Å²) in [4.78, 5) is 18.1. The number of hydrogen-bond acceptors (Lipinski definition) is 3. The van der Waals surface area contributed by atoms with E-state index in [0.29, 0.717) is 12.5 Å².